The second kappa shape index (κ2) is 4.68. The highest BCUT2D eigenvalue weighted by molar-refractivity contribution is 9.10. The number of hydrogen-bond donors (Lipinski definition) is 2. The Labute approximate surface area is 112 Å². The summed E-state index contributed by atoms with van der Waals surface area (Å²) in [5, 5.41) is 0. The van der Waals surface area contributed by atoms with Gasteiger partial charge in [-0.2, -0.15) is 0 Å². The number of anilines is 1. The Bertz CT molecular complexity index is 545. The maximum atomic E-state index is 13.5. The molecule has 1 unspecified atom stereocenters. The highest BCUT2D eigenvalue weighted by Gasteiger charge is 2.32. The normalized spacial score (nSPS) is 18.6. The van der Waals surface area contributed by atoms with E-state index in [0.29, 0.717) is 24.0 Å². The minimum absolute atomic E-state index is 0.00666. The lowest BCUT2D eigenvalue weighted by Gasteiger charge is -2.24. The fourth-order valence-corrected chi connectivity index (χ4v) is 2.83. The molecule has 18 heavy (non-hydrogen) atoms. The molecule has 1 atom stereocenters. The van der Waals surface area contributed by atoms with Crippen molar-refractivity contribution in [2.24, 2.45) is 11.7 Å². The topological polar surface area (TPSA) is 86.2 Å². The average Bonchev–Trinajstić information content (AvgIpc) is 2.28. The number of ketones is 1. The number of amides is 1. The first-order valence-corrected chi connectivity index (χ1v) is 6.30. The number of Topliss-reactive ketones (excluding diaryl/α,β-unsaturated/α-hetero) is 1. The van der Waals surface area contributed by atoms with Gasteiger partial charge < -0.3 is 11.5 Å². The van der Waals surface area contributed by atoms with Crippen molar-refractivity contribution in [1.82, 2.24) is 0 Å². The molecular weight excluding hydrogens is 303 g/mol. The fourth-order valence-electron chi connectivity index (χ4n) is 2.32. The Kier molecular flexibility index (Phi) is 3.38. The lowest BCUT2D eigenvalue weighted by atomic mass is 9.80. The first-order valence-electron chi connectivity index (χ1n) is 5.50. The van der Waals surface area contributed by atoms with E-state index in [2.05, 4.69) is 15.9 Å². The third kappa shape index (κ3) is 2.12. The molecular formula is C12H12BrFN2O2. The number of rotatable bonds is 2. The molecule has 0 radical (unpaired) electrons. The highest BCUT2D eigenvalue weighted by atomic mass is 79.9. The maximum Gasteiger partial charge on any atom is 0.218 e. The number of nitrogen functional groups attached to an aromatic ring is 1. The second-order valence-corrected chi connectivity index (χ2v) is 5.18. The van der Waals surface area contributed by atoms with Gasteiger partial charge in [-0.25, -0.2) is 4.39 Å². The van der Waals surface area contributed by atoms with E-state index in [4.69, 9.17) is 11.5 Å². The van der Waals surface area contributed by atoms with Crippen LogP contribution in [-0.2, 0) is 11.2 Å². The average molecular weight is 315 g/mol. The van der Waals surface area contributed by atoms with Gasteiger partial charge in [0.2, 0.25) is 5.91 Å². The molecule has 0 heterocycles. The third-order valence-corrected chi connectivity index (χ3v) is 4.01. The first-order chi connectivity index (χ1) is 8.41. The summed E-state index contributed by atoms with van der Waals surface area (Å²) in [6, 6.07) is 1.12. The molecule has 1 aliphatic rings. The molecule has 0 saturated heterocycles. The van der Waals surface area contributed by atoms with Gasteiger partial charge in [0, 0.05) is 23.6 Å². The molecule has 0 fully saturated rings. The second-order valence-electron chi connectivity index (χ2n) is 4.39. The molecule has 0 bridgehead atoms. The van der Waals surface area contributed by atoms with Crippen LogP contribution in [0, 0.1) is 11.7 Å². The van der Waals surface area contributed by atoms with Crippen molar-refractivity contribution in [2.45, 2.75) is 19.3 Å². The van der Waals surface area contributed by atoms with Crippen molar-refractivity contribution in [3.63, 3.8) is 0 Å². The van der Waals surface area contributed by atoms with E-state index in [0.717, 1.165) is 6.07 Å². The SMILES string of the molecule is NC(=O)CC1CCc2c(Br)c(F)cc(N)c2C1=O. The third-order valence-electron chi connectivity index (χ3n) is 3.15. The minimum atomic E-state index is -0.517. The summed E-state index contributed by atoms with van der Waals surface area (Å²) in [6.07, 6.45) is 0.991. The number of benzene rings is 1. The van der Waals surface area contributed by atoms with Gasteiger partial charge in [0.1, 0.15) is 5.82 Å². The molecule has 0 aromatic heterocycles. The standard InChI is InChI=1S/C12H12BrFN2O2/c13-11-6-2-1-5(3-9(16)17)12(18)10(6)8(15)4-7(11)14/h4-5H,1-3,15H2,(H2,16,17). The van der Waals surface area contributed by atoms with Crippen LogP contribution in [-0.4, -0.2) is 11.7 Å². The molecule has 2 rings (SSSR count). The molecule has 0 saturated carbocycles. The van der Waals surface area contributed by atoms with E-state index in [1.807, 2.05) is 0 Å². The Morgan fingerprint density at radius 2 is 2.22 bits per heavy atom. The summed E-state index contributed by atoms with van der Waals surface area (Å²) in [6.45, 7) is 0. The van der Waals surface area contributed by atoms with E-state index in [1.54, 1.807) is 0 Å². The largest absolute Gasteiger partial charge is 0.398 e. The van der Waals surface area contributed by atoms with Gasteiger partial charge in [-0.1, -0.05) is 0 Å². The van der Waals surface area contributed by atoms with Crippen molar-refractivity contribution in [3.8, 4) is 0 Å². The quantitative estimate of drug-likeness (QED) is 0.816. The molecule has 4 N–H and O–H groups in total. The van der Waals surface area contributed by atoms with Crippen molar-refractivity contribution < 1.29 is 14.0 Å². The summed E-state index contributed by atoms with van der Waals surface area (Å²) in [7, 11) is 0. The Morgan fingerprint density at radius 3 is 2.83 bits per heavy atom. The van der Waals surface area contributed by atoms with E-state index in [9.17, 15) is 14.0 Å². The van der Waals surface area contributed by atoms with E-state index in [-0.39, 0.29) is 22.4 Å². The predicted octanol–water partition coefficient (Wildman–Crippen LogP) is 1.79. The van der Waals surface area contributed by atoms with Crippen LogP contribution in [0.25, 0.3) is 0 Å². The van der Waals surface area contributed by atoms with Gasteiger partial charge >= 0.3 is 0 Å². The lowest BCUT2D eigenvalue weighted by molar-refractivity contribution is -0.118. The number of nitrogens with two attached hydrogens (primary N) is 2. The van der Waals surface area contributed by atoms with Crippen LogP contribution in [0.2, 0.25) is 0 Å². The van der Waals surface area contributed by atoms with Crippen LogP contribution >= 0.6 is 15.9 Å². The van der Waals surface area contributed by atoms with Crippen LogP contribution in [0.15, 0.2) is 10.5 Å². The Balaban J connectivity index is 2.47. The maximum absolute atomic E-state index is 13.5. The zero-order valence-electron chi connectivity index (χ0n) is 9.50. The van der Waals surface area contributed by atoms with Crippen molar-refractivity contribution in [3.05, 3.63) is 27.5 Å². The number of primary amides is 1. The molecule has 1 aromatic carbocycles. The number of carbonyl (C=O) groups excluding carboxylic acids is 2. The van der Waals surface area contributed by atoms with Crippen LogP contribution < -0.4 is 11.5 Å². The summed E-state index contributed by atoms with van der Waals surface area (Å²) < 4.78 is 13.8. The molecule has 96 valence electrons. The Morgan fingerprint density at radius 1 is 1.56 bits per heavy atom. The van der Waals surface area contributed by atoms with Crippen molar-refractivity contribution in [1.29, 1.82) is 0 Å². The van der Waals surface area contributed by atoms with Gasteiger partial charge in [-0.3, -0.25) is 9.59 Å². The zero-order valence-corrected chi connectivity index (χ0v) is 11.1. The van der Waals surface area contributed by atoms with E-state index < -0.39 is 17.6 Å². The van der Waals surface area contributed by atoms with Gasteiger partial charge in [0.05, 0.1) is 4.47 Å². The molecule has 4 nitrogen and oxygen atoms in total. The van der Waals surface area contributed by atoms with Gasteiger partial charge in [-0.15, -0.1) is 0 Å². The summed E-state index contributed by atoms with van der Waals surface area (Å²) >= 11 is 3.12. The summed E-state index contributed by atoms with van der Waals surface area (Å²) in [4.78, 5) is 23.1. The van der Waals surface area contributed by atoms with Crippen LogP contribution in [0.5, 0.6) is 0 Å². The molecule has 0 spiro atoms. The van der Waals surface area contributed by atoms with Crippen LogP contribution in [0.4, 0.5) is 10.1 Å². The van der Waals surface area contributed by atoms with Gasteiger partial charge in [0.25, 0.3) is 0 Å². The van der Waals surface area contributed by atoms with E-state index >= 15 is 0 Å². The monoisotopic (exact) mass is 314 g/mol. The minimum Gasteiger partial charge on any atom is -0.398 e. The molecule has 1 aliphatic carbocycles. The molecule has 1 amide bonds. The smallest absolute Gasteiger partial charge is 0.218 e. The van der Waals surface area contributed by atoms with Crippen LogP contribution in [0.3, 0.4) is 0 Å². The summed E-state index contributed by atoms with van der Waals surface area (Å²) in [5.74, 6) is -1.67. The summed E-state index contributed by atoms with van der Waals surface area (Å²) in [5.41, 5.74) is 11.8. The molecule has 0 aliphatic heterocycles. The molecule has 6 heteroatoms. The van der Waals surface area contributed by atoms with E-state index in [1.165, 1.54) is 0 Å². The number of hydrogen-bond acceptors (Lipinski definition) is 3. The first kappa shape index (κ1) is 13.0. The Hall–Kier alpha value is -1.43. The van der Waals surface area contributed by atoms with Gasteiger partial charge in [-0.05, 0) is 40.4 Å². The lowest BCUT2D eigenvalue weighted by Crippen LogP contribution is -2.28. The highest BCUT2D eigenvalue weighted by Crippen LogP contribution is 2.37. The van der Waals surface area contributed by atoms with Gasteiger partial charge in [0.15, 0.2) is 5.78 Å². The zero-order chi connectivity index (χ0) is 13.4. The predicted molar refractivity (Wildman–Crippen MR) is 68.5 cm³/mol. The van der Waals surface area contributed by atoms with Crippen molar-refractivity contribution >= 4 is 33.3 Å². The molecule has 1 aromatic rings. The number of fused-ring (bicyclic) bond motifs is 1. The van der Waals surface area contributed by atoms with Crippen LogP contribution in [0.1, 0.15) is 28.8 Å². The fraction of sp³-hybridized carbons (Fsp3) is 0.333. The number of halogens is 2. The van der Waals surface area contributed by atoms with Crippen molar-refractivity contribution in [2.75, 3.05) is 5.73 Å². The number of carbonyl (C=O) groups is 2.